The van der Waals surface area contributed by atoms with Gasteiger partial charge in [0.1, 0.15) is 12.6 Å². The molecule has 0 saturated heterocycles. The highest BCUT2D eigenvalue weighted by atomic mass is 31.2. The molecule has 0 aliphatic rings. The van der Waals surface area contributed by atoms with Gasteiger partial charge < -0.3 is 25.2 Å². The summed E-state index contributed by atoms with van der Waals surface area (Å²) in [6, 6.07) is -1.52. The summed E-state index contributed by atoms with van der Waals surface area (Å²) in [5.74, 6) is -2.38. The average Bonchev–Trinajstić information content (AvgIpc) is 3.20. The number of esters is 2. The molecule has 0 radical (unpaired) electrons. The SMILES string of the molecule is CC/C=C\C/C=C\C/C=C\CCCCCCCCCCCC(=O)OC[C@H](COP(=O)(O)OC[C@H](N)C(=O)O)OC(=O)CCCCCCCCCCCCCCCCC. The van der Waals surface area contributed by atoms with E-state index in [2.05, 4.69) is 54.8 Å². The van der Waals surface area contributed by atoms with Crippen molar-refractivity contribution in [2.24, 2.45) is 5.73 Å². The van der Waals surface area contributed by atoms with Crippen LogP contribution in [0.5, 0.6) is 0 Å². The van der Waals surface area contributed by atoms with Crippen LogP contribution in [0.15, 0.2) is 36.5 Å². The van der Waals surface area contributed by atoms with Gasteiger partial charge in [0.15, 0.2) is 6.10 Å². The molecule has 0 aromatic rings. The molecule has 0 spiro atoms. The van der Waals surface area contributed by atoms with E-state index in [1.807, 2.05) is 0 Å². The maximum absolute atomic E-state index is 12.6. The van der Waals surface area contributed by atoms with E-state index in [4.69, 9.17) is 24.8 Å². The van der Waals surface area contributed by atoms with E-state index in [-0.39, 0.29) is 19.4 Å². The fourth-order valence-electron chi connectivity index (χ4n) is 6.32. The lowest BCUT2D eigenvalue weighted by Gasteiger charge is -2.20. The van der Waals surface area contributed by atoms with Crippen LogP contribution < -0.4 is 5.73 Å². The number of carbonyl (C=O) groups excluding carboxylic acids is 2. The summed E-state index contributed by atoms with van der Waals surface area (Å²) in [6.45, 7) is 2.71. The lowest BCUT2D eigenvalue weighted by molar-refractivity contribution is -0.161. The van der Waals surface area contributed by atoms with Crippen molar-refractivity contribution in [1.29, 1.82) is 0 Å². The van der Waals surface area contributed by atoms with E-state index in [1.165, 1.54) is 103 Å². The lowest BCUT2D eigenvalue weighted by atomic mass is 10.0. The Morgan fingerprint density at radius 2 is 0.966 bits per heavy atom. The highest BCUT2D eigenvalue weighted by Crippen LogP contribution is 2.43. The second-order valence-corrected chi connectivity index (χ2v) is 17.0. The van der Waals surface area contributed by atoms with E-state index in [0.717, 1.165) is 64.2 Å². The van der Waals surface area contributed by atoms with Gasteiger partial charge in [-0.15, -0.1) is 0 Å². The third kappa shape index (κ3) is 40.5. The highest BCUT2D eigenvalue weighted by molar-refractivity contribution is 7.47. The number of hydrogen-bond donors (Lipinski definition) is 3. The smallest absolute Gasteiger partial charge is 0.472 e. The number of unbranched alkanes of at least 4 members (excludes halogenated alkanes) is 23. The fraction of sp³-hybridized carbons (Fsp3) is 0.804. The Morgan fingerprint density at radius 3 is 1.45 bits per heavy atom. The highest BCUT2D eigenvalue weighted by Gasteiger charge is 2.28. The second-order valence-electron chi connectivity index (χ2n) is 15.5. The number of rotatable bonds is 43. The molecule has 11 nitrogen and oxygen atoms in total. The van der Waals surface area contributed by atoms with E-state index >= 15 is 0 Å². The van der Waals surface area contributed by atoms with E-state index < -0.39 is 51.1 Å². The number of phosphoric ester groups is 1. The molecule has 3 atom stereocenters. The predicted molar refractivity (Wildman–Crippen MR) is 235 cm³/mol. The van der Waals surface area contributed by atoms with Crippen molar-refractivity contribution in [3.8, 4) is 0 Å². The molecule has 0 rings (SSSR count). The number of carboxylic acid groups (broad SMARTS) is 1. The van der Waals surface area contributed by atoms with Gasteiger partial charge in [-0.2, -0.15) is 0 Å². The normalized spacial score (nSPS) is 14.0. The topological polar surface area (TPSA) is 172 Å². The Labute approximate surface area is 353 Å². The van der Waals surface area contributed by atoms with E-state index in [9.17, 15) is 23.8 Å². The zero-order valence-electron chi connectivity index (χ0n) is 36.6. The summed E-state index contributed by atoms with van der Waals surface area (Å²) in [4.78, 5) is 46.0. The minimum Gasteiger partial charge on any atom is -0.480 e. The predicted octanol–water partition coefficient (Wildman–Crippen LogP) is 12.4. The van der Waals surface area contributed by atoms with Gasteiger partial charge in [-0.3, -0.25) is 23.4 Å². The molecule has 0 heterocycles. The second kappa shape index (κ2) is 41.4. The molecule has 0 saturated carbocycles. The molecule has 0 fully saturated rings. The van der Waals surface area contributed by atoms with Crippen LogP contribution in [-0.2, 0) is 37.5 Å². The summed E-state index contributed by atoms with van der Waals surface area (Å²) in [6.07, 6.45) is 44.9. The van der Waals surface area contributed by atoms with Crippen LogP contribution in [-0.4, -0.2) is 59.9 Å². The molecule has 0 bridgehead atoms. The third-order valence-corrected chi connectivity index (χ3v) is 10.9. The van der Waals surface area contributed by atoms with Gasteiger partial charge >= 0.3 is 25.7 Å². The Kier molecular flexibility index (Phi) is 39.8. The Morgan fingerprint density at radius 1 is 0.552 bits per heavy atom. The monoisotopic (exact) mass is 842 g/mol. The summed E-state index contributed by atoms with van der Waals surface area (Å²) in [7, 11) is -4.72. The van der Waals surface area contributed by atoms with Gasteiger partial charge in [-0.05, 0) is 44.9 Å². The van der Waals surface area contributed by atoms with Crippen molar-refractivity contribution in [1.82, 2.24) is 0 Å². The van der Waals surface area contributed by atoms with Gasteiger partial charge in [0.2, 0.25) is 0 Å². The minimum atomic E-state index is -4.72. The van der Waals surface area contributed by atoms with Gasteiger partial charge in [0.25, 0.3) is 0 Å². The van der Waals surface area contributed by atoms with Crippen LogP contribution in [0.25, 0.3) is 0 Å². The molecule has 4 N–H and O–H groups in total. The Bertz CT molecular complexity index is 1130. The van der Waals surface area contributed by atoms with Crippen molar-refractivity contribution >= 4 is 25.7 Å². The van der Waals surface area contributed by atoms with Crippen molar-refractivity contribution in [3.63, 3.8) is 0 Å². The molecule has 0 amide bonds. The quantitative estimate of drug-likeness (QED) is 0.0231. The largest absolute Gasteiger partial charge is 0.480 e. The first-order chi connectivity index (χ1) is 28.1. The van der Waals surface area contributed by atoms with E-state index in [0.29, 0.717) is 12.8 Å². The van der Waals surface area contributed by atoms with Gasteiger partial charge in [-0.1, -0.05) is 185 Å². The van der Waals surface area contributed by atoms with E-state index in [1.54, 1.807) is 0 Å². The minimum absolute atomic E-state index is 0.163. The lowest BCUT2D eigenvalue weighted by Crippen LogP contribution is -2.34. The maximum Gasteiger partial charge on any atom is 0.472 e. The zero-order chi connectivity index (χ0) is 42.8. The molecule has 338 valence electrons. The van der Waals surface area contributed by atoms with Crippen LogP contribution in [0, 0.1) is 0 Å². The van der Waals surface area contributed by atoms with Crippen LogP contribution in [0.1, 0.15) is 206 Å². The standard InChI is InChI=1S/C46H84NO10P/c1-3-5-7-9-11-13-15-17-19-20-21-22-24-25-27-29-31-33-35-37-44(48)54-39-42(40-55-58(52,53)56-41-43(47)46(50)51)57-45(49)38-36-34-32-30-28-26-23-18-16-14-12-10-8-6-4-2/h5,7,11,13,17,19,42-43H,3-4,6,8-10,12,14-16,18,20-41,47H2,1-2H3,(H,50,51)(H,52,53)/b7-5-,13-11-,19-17-/t42-,43+/m1/s1. The molecule has 0 aromatic heterocycles. The van der Waals surface area contributed by atoms with Crippen LogP contribution in [0.2, 0.25) is 0 Å². The number of carboxylic acids is 1. The Balaban J connectivity index is 4.30. The summed E-state index contributed by atoms with van der Waals surface area (Å²) in [5.41, 5.74) is 5.34. The number of phosphoric acid groups is 1. The third-order valence-electron chi connectivity index (χ3n) is 9.90. The number of allylic oxidation sites excluding steroid dienone is 6. The van der Waals surface area contributed by atoms with Gasteiger partial charge in [-0.25, -0.2) is 4.57 Å². The number of hydrogen-bond acceptors (Lipinski definition) is 9. The first-order valence-electron chi connectivity index (χ1n) is 23.0. The summed E-state index contributed by atoms with van der Waals surface area (Å²) in [5, 5.41) is 8.90. The maximum atomic E-state index is 12.6. The van der Waals surface area contributed by atoms with Crippen molar-refractivity contribution in [2.45, 2.75) is 219 Å². The molecule has 0 aliphatic heterocycles. The molecule has 58 heavy (non-hydrogen) atoms. The molecular weight excluding hydrogens is 757 g/mol. The average molecular weight is 842 g/mol. The van der Waals surface area contributed by atoms with Crippen molar-refractivity contribution in [3.05, 3.63) is 36.5 Å². The molecular formula is C46H84NO10P. The molecule has 12 heteroatoms. The van der Waals surface area contributed by atoms with Crippen LogP contribution in [0.3, 0.4) is 0 Å². The number of nitrogens with two attached hydrogens (primary N) is 1. The summed E-state index contributed by atoms with van der Waals surface area (Å²) >= 11 is 0. The number of carbonyl (C=O) groups is 3. The van der Waals surface area contributed by atoms with Crippen molar-refractivity contribution < 1.29 is 47.5 Å². The molecule has 0 aliphatic carbocycles. The molecule has 0 aromatic carbocycles. The molecule has 1 unspecified atom stereocenters. The van der Waals surface area contributed by atoms with Crippen molar-refractivity contribution in [2.75, 3.05) is 19.8 Å². The number of aliphatic carboxylic acids is 1. The van der Waals surface area contributed by atoms with Crippen LogP contribution >= 0.6 is 7.82 Å². The van der Waals surface area contributed by atoms with Crippen LogP contribution in [0.4, 0.5) is 0 Å². The Hall–Kier alpha value is -2.30. The first-order valence-corrected chi connectivity index (χ1v) is 24.5. The zero-order valence-corrected chi connectivity index (χ0v) is 37.5. The first kappa shape index (κ1) is 55.7. The fourth-order valence-corrected chi connectivity index (χ4v) is 7.09. The summed E-state index contributed by atoms with van der Waals surface area (Å²) < 4.78 is 32.8. The van der Waals surface area contributed by atoms with Gasteiger partial charge in [0.05, 0.1) is 13.2 Å². The van der Waals surface area contributed by atoms with Gasteiger partial charge in [0, 0.05) is 12.8 Å². The number of ether oxygens (including phenoxy) is 2.